The molecule has 0 spiro atoms. The third-order valence-electron chi connectivity index (χ3n) is 2.68. The minimum atomic E-state index is -0.453. The van der Waals surface area contributed by atoms with Crippen molar-refractivity contribution < 1.29 is 4.79 Å². The molecule has 4 nitrogen and oxygen atoms in total. The van der Waals surface area contributed by atoms with Crippen LogP contribution in [0.15, 0.2) is 18.2 Å². The summed E-state index contributed by atoms with van der Waals surface area (Å²) in [6.07, 6.45) is 5.71. The second kappa shape index (κ2) is 7.87. The molecule has 0 fully saturated rings. The topological polar surface area (TPSA) is 81.1 Å². The molecule has 5 heteroatoms. The molecule has 18 heavy (non-hydrogen) atoms. The largest absolute Gasteiger partial charge is 0.397 e. The van der Waals surface area contributed by atoms with Gasteiger partial charge >= 0.3 is 0 Å². The fourth-order valence-corrected chi connectivity index (χ4v) is 2.14. The number of nitrogens with two attached hydrogens (primary N) is 2. The van der Waals surface area contributed by atoms with Gasteiger partial charge in [0.05, 0.1) is 11.4 Å². The molecule has 0 aliphatic heterocycles. The molecule has 1 aromatic rings. The van der Waals surface area contributed by atoms with Crippen LogP contribution >= 0.6 is 11.8 Å². The van der Waals surface area contributed by atoms with Crippen LogP contribution < -0.4 is 16.8 Å². The Balaban J connectivity index is 2.36. The number of thioether (sulfide) groups is 1. The lowest BCUT2D eigenvalue weighted by atomic mass is 10.1. The predicted octanol–water partition coefficient (Wildman–Crippen LogP) is 2.31. The summed E-state index contributed by atoms with van der Waals surface area (Å²) < 4.78 is 0. The first-order valence-electron chi connectivity index (χ1n) is 6.07. The van der Waals surface area contributed by atoms with Crippen LogP contribution in [0.4, 0.5) is 11.4 Å². The van der Waals surface area contributed by atoms with Gasteiger partial charge in [0, 0.05) is 12.1 Å². The van der Waals surface area contributed by atoms with Gasteiger partial charge in [-0.2, -0.15) is 11.8 Å². The van der Waals surface area contributed by atoms with Crippen LogP contribution in [0.2, 0.25) is 0 Å². The minimum Gasteiger partial charge on any atom is -0.397 e. The van der Waals surface area contributed by atoms with Crippen LogP contribution in [0.25, 0.3) is 0 Å². The summed E-state index contributed by atoms with van der Waals surface area (Å²) in [5, 5.41) is 3.27. The Morgan fingerprint density at radius 1 is 1.33 bits per heavy atom. The molecule has 0 bridgehead atoms. The van der Waals surface area contributed by atoms with Crippen LogP contribution in [-0.2, 0) is 0 Å². The highest BCUT2D eigenvalue weighted by Gasteiger charge is 2.04. The van der Waals surface area contributed by atoms with E-state index in [0.717, 1.165) is 18.7 Å². The summed E-state index contributed by atoms with van der Waals surface area (Å²) in [6.45, 7) is 0.897. The van der Waals surface area contributed by atoms with Crippen molar-refractivity contribution in [2.24, 2.45) is 5.73 Å². The van der Waals surface area contributed by atoms with Crippen molar-refractivity contribution in [1.29, 1.82) is 0 Å². The number of carbonyl (C=O) groups is 1. The average molecular weight is 267 g/mol. The molecule has 1 amide bonds. The molecule has 0 saturated carbocycles. The molecule has 0 heterocycles. The summed E-state index contributed by atoms with van der Waals surface area (Å²) in [6, 6.07) is 5.10. The Labute approximate surface area is 113 Å². The lowest BCUT2D eigenvalue weighted by Crippen LogP contribution is -2.12. The zero-order valence-corrected chi connectivity index (χ0v) is 11.6. The first-order chi connectivity index (χ1) is 8.65. The molecule has 0 aliphatic carbocycles. The van der Waals surface area contributed by atoms with Crippen LogP contribution in [-0.4, -0.2) is 24.5 Å². The molecule has 1 rings (SSSR count). The molecule has 5 N–H and O–H groups in total. The number of nitrogen functional groups attached to an aromatic ring is 1. The van der Waals surface area contributed by atoms with Crippen molar-refractivity contribution >= 4 is 29.0 Å². The SMILES string of the molecule is CSCCCCCNc1ccc(C(N)=O)cc1N. The summed E-state index contributed by atoms with van der Waals surface area (Å²) in [4.78, 5) is 11.0. The van der Waals surface area contributed by atoms with Gasteiger partial charge in [-0.1, -0.05) is 6.42 Å². The van der Waals surface area contributed by atoms with E-state index >= 15 is 0 Å². The number of carbonyl (C=O) groups excluding carboxylic acids is 1. The zero-order valence-electron chi connectivity index (χ0n) is 10.7. The molecule has 0 aromatic heterocycles. The summed E-state index contributed by atoms with van der Waals surface area (Å²) in [7, 11) is 0. The minimum absolute atomic E-state index is 0.443. The Morgan fingerprint density at radius 3 is 2.72 bits per heavy atom. The van der Waals surface area contributed by atoms with Gasteiger partial charge in [-0.05, 0) is 43.0 Å². The van der Waals surface area contributed by atoms with E-state index < -0.39 is 5.91 Å². The highest BCUT2D eigenvalue weighted by Crippen LogP contribution is 2.19. The van der Waals surface area contributed by atoms with Crippen molar-refractivity contribution in [2.75, 3.05) is 29.6 Å². The summed E-state index contributed by atoms with van der Waals surface area (Å²) in [5.74, 6) is 0.764. The lowest BCUT2D eigenvalue weighted by Gasteiger charge is -2.10. The standard InChI is InChI=1S/C13H21N3OS/c1-18-8-4-2-3-7-16-12-6-5-10(13(15)17)9-11(12)14/h5-6,9,16H,2-4,7-8,14H2,1H3,(H2,15,17). The fourth-order valence-electron chi connectivity index (χ4n) is 1.65. The number of primary amides is 1. The molecule has 0 radical (unpaired) electrons. The van der Waals surface area contributed by atoms with Crippen LogP contribution in [0, 0.1) is 0 Å². The van der Waals surface area contributed by atoms with Crippen LogP contribution in [0.5, 0.6) is 0 Å². The molecule has 1 aromatic carbocycles. The van der Waals surface area contributed by atoms with Gasteiger partial charge in [0.15, 0.2) is 0 Å². The van der Waals surface area contributed by atoms with Gasteiger partial charge in [-0.15, -0.1) is 0 Å². The molecular weight excluding hydrogens is 246 g/mol. The van der Waals surface area contributed by atoms with E-state index in [1.165, 1.54) is 18.6 Å². The summed E-state index contributed by atoms with van der Waals surface area (Å²) >= 11 is 1.88. The number of hydrogen-bond donors (Lipinski definition) is 3. The van der Waals surface area contributed by atoms with Crippen LogP contribution in [0.1, 0.15) is 29.6 Å². The maximum absolute atomic E-state index is 11.0. The van der Waals surface area contributed by atoms with Gasteiger partial charge in [0.25, 0.3) is 0 Å². The molecule has 0 unspecified atom stereocenters. The number of benzene rings is 1. The van der Waals surface area contributed by atoms with E-state index in [1.54, 1.807) is 18.2 Å². The first kappa shape index (κ1) is 14.7. The molecule has 0 atom stereocenters. The fraction of sp³-hybridized carbons (Fsp3) is 0.462. The second-order valence-electron chi connectivity index (χ2n) is 4.15. The number of nitrogens with one attached hydrogen (secondary N) is 1. The Kier molecular flexibility index (Phi) is 6.43. The van der Waals surface area contributed by atoms with Crippen molar-refractivity contribution in [3.63, 3.8) is 0 Å². The number of amides is 1. The first-order valence-corrected chi connectivity index (χ1v) is 7.46. The quantitative estimate of drug-likeness (QED) is 0.499. The predicted molar refractivity (Wildman–Crippen MR) is 80.1 cm³/mol. The highest BCUT2D eigenvalue weighted by molar-refractivity contribution is 7.98. The zero-order chi connectivity index (χ0) is 13.4. The van der Waals surface area contributed by atoms with E-state index in [9.17, 15) is 4.79 Å². The van der Waals surface area contributed by atoms with E-state index in [4.69, 9.17) is 11.5 Å². The smallest absolute Gasteiger partial charge is 0.248 e. The second-order valence-corrected chi connectivity index (χ2v) is 5.13. The Hall–Kier alpha value is -1.36. The third-order valence-corrected chi connectivity index (χ3v) is 3.37. The molecular formula is C13H21N3OS. The Morgan fingerprint density at radius 2 is 2.11 bits per heavy atom. The van der Waals surface area contributed by atoms with E-state index in [0.29, 0.717) is 11.3 Å². The number of hydrogen-bond acceptors (Lipinski definition) is 4. The van der Waals surface area contributed by atoms with Gasteiger partial charge in [0.1, 0.15) is 0 Å². The van der Waals surface area contributed by atoms with E-state index in [1.807, 2.05) is 11.8 Å². The normalized spacial score (nSPS) is 10.3. The maximum Gasteiger partial charge on any atom is 0.248 e. The van der Waals surface area contributed by atoms with Gasteiger partial charge in [0.2, 0.25) is 5.91 Å². The Bertz CT molecular complexity index is 396. The third kappa shape index (κ3) is 4.87. The molecule has 100 valence electrons. The number of unbranched alkanes of at least 4 members (excludes halogenated alkanes) is 2. The highest BCUT2D eigenvalue weighted by atomic mass is 32.2. The lowest BCUT2D eigenvalue weighted by molar-refractivity contribution is 0.100. The van der Waals surface area contributed by atoms with Gasteiger partial charge in [-0.3, -0.25) is 4.79 Å². The van der Waals surface area contributed by atoms with Crippen molar-refractivity contribution in [2.45, 2.75) is 19.3 Å². The van der Waals surface area contributed by atoms with Crippen molar-refractivity contribution in [3.8, 4) is 0 Å². The number of rotatable bonds is 8. The van der Waals surface area contributed by atoms with Gasteiger partial charge in [-0.25, -0.2) is 0 Å². The molecule has 0 aliphatic rings. The van der Waals surface area contributed by atoms with Gasteiger partial charge < -0.3 is 16.8 Å². The van der Waals surface area contributed by atoms with E-state index in [2.05, 4.69) is 11.6 Å². The van der Waals surface area contributed by atoms with E-state index in [-0.39, 0.29) is 0 Å². The van der Waals surface area contributed by atoms with Crippen LogP contribution in [0.3, 0.4) is 0 Å². The van der Waals surface area contributed by atoms with Crippen molar-refractivity contribution in [1.82, 2.24) is 0 Å². The summed E-state index contributed by atoms with van der Waals surface area (Å²) in [5.41, 5.74) is 12.9. The monoisotopic (exact) mass is 267 g/mol. The number of anilines is 2. The molecule has 0 saturated heterocycles. The average Bonchev–Trinajstić information content (AvgIpc) is 2.35. The van der Waals surface area contributed by atoms with Crippen molar-refractivity contribution in [3.05, 3.63) is 23.8 Å². The maximum atomic E-state index is 11.0.